The van der Waals surface area contributed by atoms with E-state index in [-0.39, 0.29) is 0 Å². The molecule has 0 aliphatic heterocycles. The number of amides is 1. The normalized spacial score (nSPS) is 29.3. The lowest BCUT2D eigenvalue weighted by Gasteiger charge is -2.42. The molecule has 0 aromatic carbocycles. The van der Waals surface area contributed by atoms with E-state index >= 15 is 0 Å². The number of carbonyl (C=O) groups is 2. The Morgan fingerprint density at radius 2 is 1.78 bits per heavy atom. The molecule has 2 rings (SSSR count). The number of carboxylic acid groups (broad SMARTS) is 1. The van der Waals surface area contributed by atoms with Crippen LogP contribution in [-0.2, 0) is 9.53 Å². The summed E-state index contributed by atoms with van der Waals surface area (Å²) in [5, 5.41) is 12.0. The first-order valence-corrected chi connectivity index (χ1v) is 8.98. The van der Waals surface area contributed by atoms with Gasteiger partial charge in [-0.1, -0.05) is 38.5 Å². The first kappa shape index (κ1) is 18.1. The third-order valence-corrected chi connectivity index (χ3v) is 5.25. The Labute approximate surface area is 139 Å². The van der Waals surface area contributed by atoms with Crippen molar-refractivity contribution in [3.05, 3.63) is 0 Å². The van der Waals surface area contributed by atoms with E-state index in [1.807, 2.05) is 0 Å². The lowest BCUT2D eigenvalue weighted by molar-refractivity contribution is -0.140. The highest BCUT2D eigenvalue weighted by molar-refractivity contribution is 5.80. The molecule has 5 nitrogen and oxygen atoms in total. The van der Waals surface area contributed by atoms with Crippen LogP contribution in [0, 0.1) is 17.8 Å². The molecule has 132 valence electrons. The third kappa shape index (κ3) is 5.40. The summed E-state index contributed by atoms with van der Waals surface area (Å²) in [5.74, 6) is 0.845. The summed E-state index contributed by atoms with van der Waals surface area (Å²) in [6.07, 6.45) is 8.52. The Kier molecular flexibility index (Phi) is 5.93. The van der Waals surface area contributed by atoms with Gasteiger partial charge in [0.2, 0.25) is 0 Å². The molecule has 0 aromatic heterocycles. The Balaban J connectivity index is 1.95. The SMILES string of the molecule is CC(C)(C)OC(=O)N[C@@H](CC1CCCC2CCCCC21)C(=O)O. The molecule has 0 saturated heterocycles. The topological polar surface area (TPSA) is 75.6 Å². The molecule has 2 fully saturated rings. The number of alkyl carbamates (subject to hydrolysis) is 1. The molecular formula is C18H31NO4. The summed E-state index contributed by atoms with van der Waals surface area (Å²) in [6.45, 7) is 5.32. The zero-order valence-electron chi connectivity index (χ0n) is 14.6. The lowest BCUT2D eigenvalue weighted by Crippen LogP contribution is -2.46. The second-order valence-corrected chi connectivity index (χ2v) is 8.17. The first-order chi connectivity index (χ1) is 10.8. The number of aliphatic carboxylic acids is 1. The standard InChI is InChI=1S/C18H31NO4/c1-18(2,3)23-17(22)19-15(16(20)21)11-13-9-6-8-12-7-4-5-10-14(12)13/h12-15H,4-11H2,1-3H3,(H,19,22)(H,20,21)/t12?,13?,14?,15-/m0/s1. The van der Waals surface area contributed by atoms with Crippen molar-refractivity contribution in [1.29, 1.82) is 0 Å². The summed E-state index contributed by atoms with van der Waals surface area (Å²) in [5.41, 5.74) is -0.619. The number of carboxylic acids is 1. The molecule has 5 heteroatoms. The van der Waals surface area contributed by atoms with Crippen LogP contribution in [0.3, 0.4) is 0 Å². The van der Waals surface area contributed by atoms with Gasteiger partial charge in [-0.2, -0.15) is 0 Å². The van der Waals surface area contributed by atoms with Crippen molar-refractivity contribution in [2.75, 3.05) is 0 Å². The number of hydrogen-bond acceptors (Lipinski definition) is 3. The van der Waals surface area contributed by atoms with Crippen molar-refractivity contribution in [3.8, 4) is 0 Å². The highest BCUT2D eigenvalue weighted by Crippen LogP contribution is 2.45. The van der Waals surface area contributed by atoms with Gasteiger partial charge in [0, 0.05) is 0 Å². The highest BCUT2D eigenvalue weighted by Gasteiger charge is 2.37. The van der Waals surface area contributed by atoms with E-state index < -0.39 is 23.7 Å². The van der Waals surface area contributed by atoms with Crippen LogP contribution in [0.15, 0.2) is 0 Å². The minimum Gasteiger partial charge on any atom is -0.480 e. The molecule has 23 heavy (non-hydrogen) atoms. The highest BCUT2D eigenvalue weighted by atomic mass is 16.6. The van der Waals surface area contributed by atoms with Crippen LogP contribution in [0.4, 0.5) is 4.79 Å². The van der Waals surface area contributed by atoms with E-state index in [4.69, 9.17) is 4.74 Å². The number of carbonyl (C=O) groups excluding carboxylic acids is 1. The van der Waals surface area contributed by atoms with Crippen LogP contribution in [-0.4, -0.2) is 28.8 Å². The molecule has 0 aromatic rings. The maximum Gasteiger partial charge on any atom is 0.408 e. The molecule has 0 heterocycles. The monoisotopic (exact) mass is 325 g/mol. The van der Waals surface area contributed by atoms with Gasteiger partial charge < -0.3 is 15.2 Å². The average Bonchev–Trinajstić information content (AvgIpc) is 2.44. The van der Waals surface area contributed by atoms with Crippen molar-refractivity contribution in [2.24, 2.45) is 17.8 Å². The summed E-state index contributed by atoms with van der Waals surface area (Å²) >= 11 is 0. The maximum atomic E-state index is 11.9. The van der Waals surface area contributed by atoms with Crippen molar-refractivity contribution < 1.29 is 19.4 Å². The van der Waals surface area contributed by atoms with Crippen LogP contribution in [0.1, 0.15) is 72.1 Å². The molecule has 0 spiro atoms. The molecule has 2 saturated carbocycles. The quantitative estimate of drug-likeness (QED) is 0.820. The van der Waals surface area contributed by atoms with Crippen molar-refractivity contribution in [2.45, 2.75) is 83.8 Å². The van der Waals surface area contributed by atoms with E-state index in [1.54, 1.807) is 20.8 Å². The number of ether oxygens (including phenoxy) is 1. The Morgan fingerprint density at radius 3 is 2.43 bits per heavy atom. The van der Waals surface area contributed by atoms with Crippen LogP contribution in [0.2, 0.25) is 0 Å². The predicted octanol–water partition coefficient (Wildman–Crippen LogP) is 3.96. The Morgan fingerprint density at radius 1 is 1.13 bits per heavy atom. The van der Waals surface area contributed by atoms with Gasteiger partial charge in [-0.3, -0.25) is 0 Å². The number of nitrogens with one attached hydrogen (secondary N) is 1. The molecule has 2 aliphatic rings. The van der Waals surface area contributed by atoms with Crippen LogP contribution < -0.4 is 5.32 Å². The maximum absolute atomic E-state index is 11.9. The van der Waals surface area contributed by atoms with Gasteiger partial charge in [-0.15, -0.1) is 0 Å². The van der Waals surface area contributed by atoms with Gasteiger partial charge in [0.25, 0.3) is 0 Å². The lowest BCUT2D eigenvalue weighted by atomic mass is 9.64. The molecule has 4 atom stereocenters. The van der Waals surface area contributed by atoms with E-state index in [0.29, 0.717) is 18.3 Å². The summed E-state index contributed by atoms with van der Waals surface area (Å²) in [4.78, 5) is 23.5. The molecule has 2 N–H and O–H groups in total. The summed E-state index contributed by atoms with van der Waals surface area (Å²) < 4.78 is 5.20. The fraction of sp³-hybridized carbons (Fsp3) is 0.889. The van der Waals surface area contributed by atoms with Crippen molar-refractivity contribution >= 4 is 12.1 Å². The van der Waals surface area contributed by atoms with Gasteiger partial charge in [0.15, 0.2) is 0 Å². The van der Waals surface area contributed by atoms with Gasteiger partial charge in [-0.25, -0.2) is 9.59 Å². The van der Waals surface area contributed by atoms with E-state index in [9.17, 15) is 14.7 Å². The molecular weight excluding hydrogens is 294 g/mol. The molecule has 0 bridgehead atoms. The molecule has 3 unspecified atom stereocenters. The van der Waals surface area contributed by atoms with Crippen molar-refractivity contribution in [1.82, 2.24) is 5.32 Å². The minimum atomic E-state index is -0.964. The smallest absolute Gasteiger partial charge is 0.408 e. The molecule has 0 radical (unpaired) electrons. The van der Waals surface area contributed by atoms with E-state index in [2.05, 4.69) is 5.32 Å². The number of rotatable bonds is 4. The third-order valence-electron chi connectivity index (χ3n) is 5.25. The molecule has 1 amide bonds. The molecule has 2 aliphatic carbocycles. The average molecular weight is 325 g/mol. The van der Waals surface area contributed by atoms with Crippen LogP contribution in [0.25, 0.3) is 0 Å². The van der Waals surface area contributed by atoms with Crippen molar-refractivity contribution in [3.63, 3.8) is 0 Å². The van der Waals surface area contributed by atoms with Crippen LogP contribution >= 0.6 is 0 Å². The van der Waals surface area contributed by atoms with E-state index in [0.717, 1.165) is 12.3 Å². The second-order valence-electron chi connectivity index (χ2n) is 8.17. The predicted molar refractivity (Wildman–Crippen MR) is 88.2 cm³/mol. The zero-order valence-corrected chi connectivity index (χ0v) is 14.6. The second kappa shape index (κ2) is 7.54. The first-order valence-electron chi connectivity index (χ1n) is 8.98. The fourth-order valence-corrected chi connectivity index (χ4v) is 4.34. The summed E-state index contributed by atoms with van der Waals surface area (Å²) in [6, 6.07) is -0.851. The minimum absolute atomic E-state index is 0.407. The van der Waals surface area contributed by atoms with Gasteiger partial charge in [0.1, 0.15) is 11.6 Å². The number of fused-ring (bicyclic) bond motifs is 1. The Bertz CT molecular complexity index is 427. The van der Waals surface area contributed by atoms with E-state index in [1.165, 1.54) is 38.5 Å². The van der Waals surface area contributed by atoms with Gasteiger partial charge in [0.05, 0.1) is 0 Å². The number of hydrogen-bond donors (Lipinski definition) is 2. The Hall–Kier alpha value is -1.26. The fourth-order valence-electron chi connectivity index (χ4n) is 4.34. The van der Waals surface area contributed by atoms with Gasteiger partial charge >= 0.3 is 12.1 Å². The zero-order chi connectivity index (χ0) is 17.0. The van der Waals surface area contributed by atoms with Gasteiger partial charge in [-0.05, 0) is 51.4 Å². The largest absolute Gasteiger partial charge is 0.480 e. The summed E-state index contributed by atoms with van der Waals surface area (Å²) in [7, 11) is 0. The van der Waals surface area contributed by atoms with Crippen LogP contribution in [0.5, 0.6) is 0 Å².